The van der Waals surface area contributed by atoms with E-state index < -0.39 is 4.92 Å². The predicted octanol–water partition coefficient (Wildman–Crippen LogP) is 4.51. The molecule has 166 valence electrons. The zero-order valence-electron chi connectivity index (χ0n) is 16.7. The summed E-state index contributed by atoms with van der Waals surface area (Å²) in [5, 5.41) is 15.3. The molecular weight excluding hydrogens is 475 g/mol. The number of fused-ring (bicyclic) bond motifs is 1. The van der Waals surface area contributed by atoms with Gasteiger partial charge in [-0.15, -0.1) is 11.3 Å². The molecule has 1 aliphatic rings. The van der Waals surface area contributed by atoms with E-state index in [0.717, 1.165) is 11.3 Å². The van der Waals surface area contributed by atoms with Crippen molar-refractivity contribution in [3.05, 3.63) is 67.5 Å². The smallest absolute Gasteiger partial charge is 0.270 e. The van der Waals surface area contributed by atoms with Crippen LogP contribution in [0, 0.1) is 10.1 Å². The molecule has 0 saturated carbocycles. The lowest BCUT2D eigenvalue weighted by atomic mass is 10.2. The number of benzene rings is 2. The van der Waals surface area contributed by atoms with Crippen molar-refractivity contribution in [1.29, 1.82) is 0 Å². The number of thiophene rings is 1. The summed E-state index contributed by atoms with van der Waals surface area (Å²) in [5.41, 5.74) is 0.593. The van der Waals surface area contributed by atoms with Gasteiger partial charge in [0.1, 0.15) is 4.88 Å². The Hall–Kier alpha value is -2.72. The van der Waals surface area contributed by atoms with Gasteiger partial charge in [0.05, 0.1) is 16.5 Å². The molecule has 2 heterocycles. The minimum absolute atomic E-state index is 0.0425. The second kappa shape index (κ2) is 9.41. The number of nitro benzene ring substituents is 1. The lowest BCUT2D eigenvalue weighted by Gasteiger charge is -2.34. The van der Waals surface area contributed by atoms with E-state index in [1.165, 1.54) is 12.1 Å². The fourth-order valence-corrected chi connectivity index (χ4v) is 5.23. The maximum atomic E-state index is 13.0. The van der Waals surface area contributed by atoms with Crippen molar-refractivity contribution in [2.75, 3.05) is 38.0 Å². The monoisotopic (exact) mass is 492 g/mol. The van der Waals surface area contributed by atoms with Crippen LogP contribution in [0.1, 0.15) is 9.67 Å². The van der Waals surface area contributed by atoms with Gasteiger partial charge in [0.25, 0.3) is 11.6 Å². The van der Waals surface area contributed by atoms with Gasteiger partial charge < -0.3 is 10.2 Å². The summed E-state index contributed by atoms with van der Waals surface area (Å²) >= 11 is 13.5. The average molecular weight is 493 g/mol. The fraction of sp³-hybridized carbons (Fsp3) is 0.238. The van der Waals surface area contributed by atoms with E-state index in [0.29, 0.717) is 56.9 Å². The van der Waals surface area contributed by atoms with E-state index in [2.05, 4.69) is 5.32 Å². The van der Waals surface area contributed by atoms with Gasteiger partial charge in [-0.2, -0.15) is 0 Å². The van der Waals surface area contributed by atoms with Crippen LogP contribution < -0.4 is 5.32 Å². The summed E-state index contributed by atoms with van der Waals surface area (Å²) in [6.45, 7) is 2.20. The third-order valence-electron chi connectivity index (χ3n) is 5.15. The van der Waals surface area contributed by atoms with Gasteiger partial charge >= 0.3 is 0 Å². The molecule has 1 saturated heterocycles. The van der Waals surface area contributed by atoms with Gasteiger partial charge in [0, 0.05) is 59.1 Å². The molecule has 0 aliphatic carbocycles. The molecule has 2 amide bonds. The van der Waals surface area contributed by atoms with Crippen molar-refractivity contribution in [3.8, 4) is 0 Å². The number of hydrogen-bond donors (Lipinski definition) is 1. The highest BCUT2D eigenvalue weighted by atomic mass is 35.5. The van der Waals surface area contributed by atoms with E-state index in [4.69, 9.17) is 23.2 Å². The average Bonchev–Trinajstić information content (AvgIpc) is 3.09. The Morgan fingerprint density at radius 1 is 1.09 bits per heavy atom. The number of nitrogens with zero attached hydrogens (tertiary/aromatic N) is 3. The number of nitrogens with one attached hydrogen (secondary N) is 1. The summed E-state index contributed by atoms with van der Waals surface area (Å²) in [6.07, 6.45) is 0. The second-order valence-electron chi connectivity index (χ2n) is 7.31. The maximum absolute atomic E-state index is 13.0. The molecule has 2 aromatic carbocycles. The molecule has 0 unspecified atom stereocenters. The van der Waals surface area contributed by atoms with Gasteiger partial charge in [-0.05, 0) is 24.3 Å². The summed E-state index contributed by atoms with van der Waals surface area (Å²) in [6, 6.07) is 11.3. The molecule has 1 fully saturated rings. The Bertz CT molecular complexity index is 1210. The quantitative estimate of drug-likeness (QED) is 0.417. The van der Waals surface area contributed by atoms with Crippen LogP contribution in [0.15, 0.2) is 42.5 Å². The van der Waals surface area contributed by atoms with Gasteiger partial charge in [0.2, 0.25) is 5.91 Å². The molecule has 11 heteroatoms. The first-order valence-electron chi connectivity index (χ1n) is 9.75. The Balaban J connectivity index is 1.36. The summed E-state index contributed by atoms with van der Waals surface area (Å²) in [4.78, 5) is 39.9. The molecule has 1 aliphatic heterocycles. The molecule has 1 aromatic heterocycles. The number of hydrogen-bond acceptors (Lipinski definition) is 6. The topological polar surface area (TPSA) is 95.8 Å². The minimum atomic E-state index is -0.476. The van der Waals surface area contributed by atoms with Crippen molar-refractivity contribution >= 4 is 67.8 Å². The number of amides is 2. The van der Waals surface area contributed by atoms with E-state index in [1.807, 2.05) is 4.90 Å². The van der Waals surface area contributed by atoms with Gasteiger partial charge in [-0.3, -0.25) is 24.6 Å². The number of anilines is 1. The van der Waals surface area contributed by atoms with Crippen LogP contribution in [-0.4, -0.2) is 59.3 Å². The molecule has 1 N–H and O–H groups in total. The van der Waals surface area contributed by atoms with E-state index >= 15 is 0 Å². The molecule has 3 aromatic rings. The zero-order valence-corrected chi connectivity index (χ0v) is 19.0. The highest BCUT2D eigenvalue weighted by Crippen LogP contribution is 2.38. The normalized spacial score (nSPS) is 14.5. The molecule has 4 rings (SSSR count). The third-order valence-corrected chi connectivity index (χ3v) is 7.03. The van der Waals surface area contributed by atoms with Gasteiger partial charge in [0.15, 0.2) is 0 Å². The molecule has 0 radical (unpaired) electrons. The lowest BCUT2D eigenvalue weighted by Crippen LogP contribution is -2.50. The lowest BCUT2D eigenvalue weighted by molar-refractivity contribution is -0.384. The van der Waals surface area contributed by atoms with Crippen LogP contribution in [0.3, 0.4) is 0 Å². The number of rotatable bonds is 5. The molecule has 0 atom stereocenters. The van der Waals surface area contributed by atoms with Crippen molar-refractivity contribution in [2.45, 2.75) is 0 Å². The standard InChI is InChI=1S/C21H18Cl2N4O4S/c22-13-2-1-3-14(10-13)24-18(28)12-25-6-8-26(9-7-25)21(29)20-19(23)16-5-4-15(27(30)31)11-17(16)32-20/h1-5,10-11H,6-9,12H2,(H,24,28). The summed E-state index contributed by atoms with van der Waals surface area (Å²) in [5.74, 6) is -0.358. The van der Waals surface area contributed by atoms with Crippen LogP contribution in [0.4, 0.5) is 11.4 Å². The zero-order chi connectivity index (χ0) is 22.8. The molecule has 0 bridgehead atoms. The predicted molar refractivity (Wildman–Crippen MR) is 126 cm³/mol. The minimum Gasteiger partial charge on any atom is -0.335 e. The van der Waals surface area contributed by atoms with Crippen molar-refractivity contribution in [1.82, 2.24) is 9.80 Å². The Labute approximate surface area is 197 Å². The molecule has 8 nitrogen and oxygen atoms in total. The Morgan fingerprint density at radius 3 is 2.53 bits per heavy atom. The summed E-state index contributed by atoms with van der Waals surface area (Å²) in [7, 11) is 0. The van der Waals surface area contributed by atoms with Crippen LogP contribution >= 0.6 is 34.5 Å². The van der Waals surface area contributed by atoms with E-state index in [1.54, 1.807) is 35.2 Å². The van der Waals surface area contributed by atoms with Crippen molar-refractivity contribution < 1.29 is 14.5 Å². The number of non-ortho nitro benzene ring substituents is 1. The van der Waals surface area contributed by atoms with E-state index in [9.17, 15) is 19.7 Å². The van der Waals surface area contributed by atoms with Gasteiger partial charge in [-0.25, -0.2) is 0 Å². The maximum Gasteiger partial charge on any atom is 0.270 e. The molecular formula is C21H18Cl2N4O4S. The number of carbonyl (C=O) groups excluding carboxylic acids is 2. The number of carbonyl (C=O) groups is 2. The van der Waals surface area contributed by atoms with E-state index in [-0.39, 0.29) is 24.0 Å². The third kappa shape index (κ3) is 4.86. The SMILES string of the molecule is O=C(CN1CCN(C(=O)c2sc3cc([N+](=O)[O-])ccc3c2Cl)CC1)Nc1cccc(Cl)c1. The van der Waals surface area contributed by atoms with Crippen molar-refractivity contribution in [3.63, 3.8) is 0 Å². The Kier molecular flexibility index (Phi) is 6.61. The van der Waals surface area contributed by atoms with Crippen LogP contribution in [0.5, 0.6) is 0 Å². The first kappa shape index (κ1) is 22.5. The first-order chi connectivity index (χ1) is 15.3. The molecule has 0 spiro atoms. The number of nitro groups is 1. The number of piperazine rings is 1. The highest BCUT2D eigenvalue weighted by Gasteiger charge is 2.27. The second-order valence-corrected chi connectivity index (χ2v) is 9.18. The largest absolute Gasteiger partial charge is 0.335 e. The Morgan fingerprint density at radius 2 is 1.84 bits per heavy atom. The molecule has 32 heavy (non-hydrogen) atoms. The number of halogens is 2. The van der Waals surface area contributed by atoms with Gasteiger partial charge in [-0.1, -0.05) is 29.3 Å². The fourth-order valence-electron chi connectivity index (χ4n) is 3.53. The van der Waals surface area contributed by atoms with Crippen LogP contribution in [-0.2, 0) is 4.79 Å². The highest BCUT2D eigenvalue weighted by molar-refractivity contribution is 7.21. The van der Waals surface area contributed by atoms with Crippen molar-refractivity contribution in [2.24, 2.45) is 0 Å². The summed E-state index contributed by atoms with van der Waals surface area (Å²) < 4.78 is 0.601. The van der Waals surface area contributed by atoms with Crippen LogP contribution in [0.25, 0.3) is 10.1 Å². The van der Waals surface area contributed by atoms with Crippen LogP contribution in [0.2, 0.25) is 10.0 Å². The first-order valence-corrected chi connectivity index (χ1v) is 11.3.